The van der Waals surface area contributed by atoms with Gasteiger partial charge in [-0.25, -0.2) is 4.98 Å². The number of anilines is 1. The van der Waals surface area contributed by atoms with E-state index >= 15 is 0 Å². The van der Waals surface area contributed by atoms with Gasteiger partial charge >= 0.3 is 0 Å². The van der Waals surface area contributed by atoms with E-state index in [0.717, 1.165) is 16.5 Å². The van der Waals surface area contributed by atoms with Crippen LogP contribution >= 0.6 is 23.2 Å². The largest absolute Gasteiger partial charge is 0.368 e. The second-order valence-electron chi connectivity index (χ2n) is 3.74. The molecule has 90 valence electrons. The number of benzene rings is 1. The van der Waals surface area contributed by atoms with Crippen LogP contribution in [0.2, 0.25) is 10.2 Å². The Bertz CT molecular complexity index is 739. The molecule has 4 nitrogen and oxygen atoms in total. The molecule has 0 atom stereocenters. The maximum atomic E-state index is 6.33. The van der Waals surface area contributed by atoms with Crippen molar-refractivity contribution in [3.63, 3.8) is 0 Å². The van der Waals surface area contributed by atoms with Crippen LogP contribution < -0.4 is 5.73 Å². The summed E-state index contributed by atoms with van der Waals surface area (Å²) in [7, 11) is 0. The van der Waals surface area contributed by atoms with E-state index in [2.05, 4.69) is 10.1 Å². The van der Waals surface area contributed by atoms with Crippen molar-refractivity contribution in [1.82, 2.24) is 10.1 Å². The normalized spacial score (nSPS) is 11.0. The second kappa shape index (κ2) is 4.15. The Morgan fingerprint density at radius 1 is 1.11 bits per heavy atom. The minimum atomic E-state index is 0.246. The third-order valence-electron chi connectivity index (χ3n) is 2.58. The average molecular weight is 280 g/mol. The lowest BCUT2D eigenvalue weighted by Gasteiger charge is -2.04. The molecule has 0 aliphatic heterocycles. The fraction of sp³-hybridized carbons (Fsp3) is 0. The van der Waals surface area contributed by atoms with Crippen molar-refractivity contribution in [3.05, 3.63) is 40.5 Å². The van der Waals surface area contributed by atoms with Crippen molar-refractivity contribution in [2.24, 2.45) is 0 Å². The van der Waals surface area contributed by atoms with Gasteiger partial charge in [-0.2, -0.15) is 0 Å². The number of aromatic nitrogens is 2. The molecule has 6 heteroatoms. The molecule has 0 amide bonds. The third kappa shape index (κ3) is 1.79. The predicted molar refractivity (Wildman–Crippen MR) is 71.7 cm³/mol. The highest BCUT2D eigenvalue weighted by Gasteiger charge is 2.12. The predicted octanol–water partition coefficient (Wildman–Crippen LogP) is 3.78. The van der Waals surface area contributed by atoms with Gasteiger partial charge in [-0.1, -0.05) is 28.4 Å². The van der Waals surface area contributed by atoms with Crippen LogP contribution in [0.15, 0.2) is 34.9 Å². The Morgan fingerprint density at radius 3 is 2.67 bits per heavy atom. The molecule has 0 bridgehead atoms. The Labute approximate surface area is 112 Å². The van der Waals surface area contributed by atoms with E-state index < -0.39 is 0 Å². The number of nitrogens with zero attached hydrogens (tertiary/aromatic N) is 2. The van der Waals surface area contributed by atoms with Gasteiger partial charge < -0.3 is 10.3 Å². The van der Waals surface area contributed by atoms with E-state index in [4.69, 9.17) is 33.5 Å². The number of nitrogen functional groups attached to an aromatic ring is 1. The molecule has 3 rings (SSSR count). The molecule has 2 N–H and O–H groups in total. The average Bonchev–Trinajstić information content (AvgIpc) is 2.76. The standard InChI is InChI=1S/C12H7Cl2N3O/c13-10-4-2-6-8(16-10)3-1-7(12(6)14)9-5-11(15)18-17-9/h1-5H,15H2. The monoisotopic (exact) mass is 279 g/mol. The summed E-state index contributed by atoms with van der Waals surface area (Å²) in [5.74, 6) is 0.246. The molecule has 0 spiro atoms. The van der Waals surface area contributed by atoms with Gasteiger partial charge in [0.25, 0.3) is 0 Å². The Balaban J connectivity index is 2.26. The van der Waals surface area contributed by atoms with Gasteiger partial charge in [0, 0.05) is 17.0 Å². The second-order valence-corrected chi connectivity index (χ2v) is 4.51. The molecule has 3 aromatic rings. The molecule has 0 radical (unpaired) electrons. The number of fused-ring (bicyclic) bond motifs is 1. The molecular weight excluding hydrogens is 273 g/mol. The lowest BCUT2D eigenvalue weighted by Crippen LogP contribution is -1.85. The van der Waals surface area contributed by atoms with Crippen LogP contribution in [-0.2, 0) is 0 Å². The molecule has 0 aliphatic rings. The molecule has 0 aliphatic carbocycles. The summed E-state index contributed by atoms with van der Waals surface area (Å²) in [5, 5.41) is 5.62. The van der Waals surface area contributed by atoms with E-state index in [9.17, 15) is 0 Å². The molecular formula is C12H7Cl2N3O. The lowest BCUT2D eigenvalue weighted by molar-refractivity contribution is 0.439. The molecule has 1 aromatic carbocycles. The van der Waals surface area contributed by atoms with Crippen molar-refractivity contribution in [1.29, 1.82) is 0 Å². The molecule has 0 saturated carbocycles. The highest BCUT2D eigenvalue weighted by atomic mass is 35.5. The molecule has 18 heavy (non-hydrogen) atoms. The zero-order chi connectivity index (χ0) is 12.7. The molecule has 0 saturated heterocycles. The van der Waals surface area contributed by atoms with Crippen LogP contribution in [0.4, 0.5) is 5.88 Å². The maximum Gasteiger partial charge on any atom is 0.222 e. The van der Waals surface area contributed by atoms with E-state index in [1.807, 2.05) is 18.2 Å². The van der Waals surface area contributed by atoms with Crippen LogP contribution in [0.5, 0.6) is 0 Å². The number of nitrogens with two attached hydrogens (primary N) is 1. The van der Waals surface area contributed by atoms with Gasteiger partial charge in [0.1, 0.15) is 10.8 Å². The molecule has 0 fully saturated rings. The van der Waals surface area contributed by atoms with Crippen LogP contribution in [0, 0.1) is 0 Å². The third-order valence-corrected chi connectivity index (χ3v) is 3.19. The van der Waals surface area contributed by atoms with Crippen LogP contribution in [0.3, 0.4) is 0 Å². The quantitative estimate of drug-likeness (QED) is 0.689. The number of rotatable bonds is 1. The first kappa shape index (κ1) is 11.3. The van der Waals surface area contributed by atoms with E-state index in [0.29, 0.717) is 15.9 Å². The smallest absolute Gasteiger partial charge is 0.222 e. The van der Waals surface area contributed by atoms with Crippen molar-refractivity contribution < 1.29 is 4.52 Å². The first-order chi connectivity index (χ1) is 8.65. The van der Waals surface area contributed by atoms with E-state index in [1.165, 1.54) is 0 Å². The topological polar surface area (TPSA) is 64.9 Å². The summed E-state index contributed by atoms with van der Waals surface area (Å²) >= 11 is 12.2. The Kier molecular flexibility index (Phi) is 2.61. The highest BCUT2D eigenvalue weighted by molar-refractivity contribution is 6.38. The zero-order valence-corrected chi connectivity index (χ0v) is 10.5. The van der Waals surface area contributed by atoms with Gasteiger partial charge in [-0.05, 0) is 24.3 Å². The summed E-state index contributed by atoms with van der Waals surface area (Å²) in [4.78, 5) is 4.19. The summed E-state index contributed by atoms with van der Waals surface area (Å²) in [6.07, 6.45) is 0. The van der Waals surface area contributed by atoms with Gasteiger partial charge in [0.15, 0.2) is 0 Å². The first-order valence-corrected chi connectivity index (χ1v) is 5.88. The highest BCUT2D eigenvalue weighted by Crippen LogP contribution is 2.34. The number of pyridine rings is 1. The minimum Gasteiger partial charge on any atom is -0.368 e. The van der Waals surface area contributed by atoms with Crippen LogP contribution in [0.25, 0.3) is 22.2 Å². The molecule has 2 aromatic heterocycles. The summed E-state index contributed by atoms with van der Waals surface area (Å²) < 4.78 is 4.84. The maximum absolute atomic E-state index is 6.33. The first-order valence-electron chi connectivity index (χ1n) is 5.12. The molecule has 2 heterocycles. The fourth-order valence-corrected chi connectivity index (χ4v) is 2.23. The Morgan fingerprint density at radius 2 is 1.94 bits per heavy atom. The van der Waals surface area contributed by atoms with Crippen molar-refractivity contribution in [2.45, 2.75) is 0 Å². The van der Waals surface area contributed by atoms with Crippen molar-refractivity contribution in [3.8, 4) is 11.3 Å². The summed E-state index contributed by atoms with van der Waals surface area (Å²) in [6, 6.07) is 8.77. The van der Waals surface area contributed by atoms with Gasteiger partial charge in [-0.3, -0.25) is 0 Å². The van der Waals surface area contributed by atoms with Crippen LogP contribution in [-0.4, -0.2) is 10.1 Å². The number of hydrogen-bond acceptors (Lipinski definition) is 4. The van der Waals surface area contributed by atoms with E-state index in [1.54, 1.807) is 12.1 Å². The van der Waals surface area contributed by atoms with E-state index in [-0.39, 0.29) is 5.88 Å². The summed E-state index contributed by atoms with van der Waals surface area (Å²) in [6.45, 7) is 0. The van der Waals surface area contributed by atoms with Gasteiger partial charge in [-0.15, -0.1) is 0 Å². The minimum absolute atomic E-state index is 0.246. The number of hydrogen-bond donors (Lipinski definition) is 1. The van der Waals surface area contributed by atoms with Gasteiger partial charge in [0.2, 0.25) is 5.88 Å². The Hall–Kier alpha value is -1.78. The number of halogens is 2. The van der Waals surface area contributed by atoms with Crippen molar-refractivity contribution in [2.75, 3.05) is 5.73 Å². The van der Waals surface area contributed by atoms with Crippen LogP contribution in [0.1, 0.15) is 0 Å². The van der Waals surface area contributed by atoms with Crippen molar-refractivity contribution >= 4 is 40.0 Å². The molecule has 0 unspecified atom stereocenters. The zero-order valence-electron chi connectivity index (χ0n) is 9.02. The summed E-state index contributed by atoms with van der Waals surface area (Å²) in [5.41, 5.74) is 7.56. The lowest BCUT2D eigenvalue weighted by atomic mass is 10.1. The fourth-order valence-electron chi connectivity index (χ4n) is 1.76. The SMILES string of the molecule is Nc1cc(-c2ccc3nc(Cl)ccc3c2Cl)no1. The van der Waals surface area contributed by atoms with Gasteiger partial charge in [0.05, 0.1) is 10.5 Å².